The van der Waals surface area contributed by atoms with E-state index in [1.54, 1.807) is 17.2 Å². The van der Waals surface area contributed by atoms with Crippen LogP contribution in [0.2, 0.25) is 0 Å². The summed E-state index contributed by atoms with van der Waals surface area (Å²) in [5.74, 6) is -0.154. The molecule has 1 aliphatic heterocycles. The molecular formula is C23H19FN6O2. The molecule has 0 radical (unpaired) electrons. The van der Waals surface area contributed by atoms with Crippen LogP contribution in [0.25, 0.3) is 32.9 Å². The molecule has 0 aliphatic carbocycles. The topological polar surface area (TPSA) is 89.2 Å². The molecule has 5 rings (SSSR count). The Morgan fingerprint density at radius 1 is 1.09 bits per heavy atom. The molecule has 4 aromatic rings. The van der Waals surface area contributed by atoms with Gasteiger partial charge >= 0.3 is 0 Å². The minimum Gasteiger partial charge on any atom is -0.619 e. The predicted molar refractivity (Wildman–Crippen MR) is 118 cm³/mol. The number of hydrogen-bond donors (Lipinski definition) is 0. The summed E-state index contributed by atoms with van der Waals surface area (Å²) in [5, 5.41) is 14.0. The molecule has 0 spiro atoms. The van der Waals surface area contributed by atoms with Gasteiger partial charge in [0.1, 0.15) is 23.4 Å². The summed E-state index contributed by atoms with van der Waals surface area (Å²) < 4.78 is 16.3. The Hall–Kier alpha value is -4.14. The van der Waals surface area contributed by atoms with Crippen LogP contribution in [0.5, 0.6) is 0 Å². The van der Waals surface area contributed by atoms with E-state index in [1.165, 1.54) is 24.8 Å². The summed E-state index contributed by atoms with van der Waals surface area (Å²) in [5.41, 5.74) is 0.592. The first-order chi connectivity index (χ1) is 15.6. The van der Waals surface area contributed by atoms with E-state index < -0.39 is 5.82 Å². The number of aromatic nitrogens is 4. The molecule has 1 saturated heterocycles. The number of hydrogen-bond acceptors (Lipinski definition) is 6. The van der Waals surface area contributed by atoms with Gasteiger partial charge in [0.05, 0.1) is 10.9 Å². The van der Waals surface area contributed by atoms with Gasteiger partial charge in [-0.05, 0) is 12.1 Å². The first-order valence-electron chi connectivity index (χ1n) is 10.1. The molecule has 1 aromatic carbocycles. The van der Waals surface area contributed by atoms with Crippen molar-refractivity contribution in [1.29, 1.82) is 0 Å². The lowest BCUT2D eigenvalue weighted by Crippen LogP contribution is -2.48. The van der Waals surface area contributed by atoms with Crippen molar-refractivity contribution in [1.82, 2.24) is 19.9 Å². The maximum atomic E-state index is 15.6. The number of piperazine rings is 1. The highest BCUT2D eigenvalue weighted by Crippen LogP contribution is 2.32. The number of fused-ring (bicyclic) bond motifs is 2. The molecular weight excluding hydrogens is 411 g/mol. The molecule has 0 unspecified atom stereocenters. The maximum Gasteiger partial charge on any atom is 0.246 e. The Kier molecular flexibility index (Phi) is 4.85. The number of rotatable bonds is 3. The van der Waals surface area contributed by atoms with Gasteiger partial charge in [-0.1, -0.05) is 24.8 Å². The van der Waals surface area contributed by atoms with Crippen molar-refractivity contribution in [2.45, 2.75) is 0 Å². The molecule has 0 bridgehead atoms. The lowest BCUT2D eigenvalue weighted by atomic mass is 10.0. The highest BCUT2D eigenvalue weighted by atomic mass is 19.1. The summed E-state index contributed by atoms with van der Waals surface area (Å²) in [4.78, 5) is 28.4. The van der Waals surface area contributed by atoms with Gasteiger partial charge in [-0.15, -0.1) is 0 Å². The zero-order valence-electron chi connectivity index (χ0n) is 17.1. The Morgan fingerprint density at radius 2 is 1.88 bits per heavy atom. The molecule has 9 heteroatoms. The largest absolute Gasteiger partial charge is 0.619 e. The minimum absolute atomic E-state index is 0.0601. The van der Waals surface area contributed by atoms with E-state index in [0.29, 0.717) is 53.1 Å². The standard InChI is InChI=1S/C23H19FN6O2/c1-2-19(31)28-7-9-29(10-8-28)23-17-11-25-22(20(24)21(17)26-14-27-23)18-13-30(32)12-15-5-3-4-6-16(15)18/h2-6,11-14H,1,7-10H2. The summed E-state index contributed by atoms with van der Waals surface area (Å²) in [6, 6.07) is 7.27. The van der Waals surface area contributed by atoms with Crippen LogP contribution in [0.15, 0.2) is 61.8 Å². The number of carbonyl (C=O) groups excluding carboxylic acids is 1. The number of nitrogens with zero attached hydrogens (tertiary/aromatic N) is 6. The Labute approximate surface area is 182 Å². The fraction of sp³-hybridized carbons (Fsp3) is 0.174. The molecule has 0 atom stereocenters. The zero-order chi connectivity index (χ0) is 22.2. The van der Waals surface area contributed by atoms with Crippen molar-refractivity contribution >= 4 is 33.4 Å². The van der Waals surface area contributed by atoms with Crippen molar-refractivity contribution in [2.75, 3.05) is 31.1 Å². The average molecular weight is 430 g/mol. The van der Waals surface area contributed by atoms with Gasteiger partial charge in [0.25, 0.3) is 0 Å². The van der Waals surface area contributed by atoms with Crippen molar-refractivity contribution in [3.8, 4) is 11.3 Å². The van der Waals surface area contributed by atoms with E-state index in [9.17, 15) is 10.0 Å². The van der Waals surface area contributed by atoms with Crippen LogP contribution in [0.1, 0.15) is 0 Å². The fourth-order valence-corrected chi connectivity index (χ4v) is 4.10. The van der Waals surface area contributed by atoms with Gasteiger partial charge in [-0.25, -0.2) is 14.4 Å². The average Bonchev–Trinajstić information content (AvgIpc) is 2.83. The fourth-order valence-electron chi connectivity index (χ4n) is 4.10. The molecule has 4 heterocycles. The Morgan fingerprint density at radius 3 is 2.66 bits per heavy atom. The van der Waals surface area contributed by atoms with Crippen LogP contribution in [-0.2, 0) is 4.79 Å². The van der Waals surface area contributed by atoms with Gasteiger partial charge < -0.3 is 15.0 Å². The van der Waals surface area contributed by atoms with Crippen molar-refractivity contribution in [2.24, 2.45) is 0 Å². The van der Waals surface area contributed by atoms with Crippen molar-refractivity contribution in [3.63, 3.8) is 0 Å². The highest BCUT2D eigenvalue weighted by molar-refractivity contribution is 5.97. The Balaban J connectivity index is 1.57. The Bertz CT molecular complexity index is 1370. The van der Waals surface area contributed by atoms with Crippen molar-refractivity contribution in [3.05, 3.63) is 72.9 Å². The van der Waals surface area contributed by atoms with Gasteiger partial charge in [-0.3, -0.25) is 9.78 Å². The normalized spacial score (nSPS) is 14.2. The van der Waals surface area contributed by atoms with Gasteiger partial charge in [0, 0.05) is 43.1 Å². The third-order valence-corrected chi connectivity index (χ3v) is 5.70. The second-order valence-corrected chi connectivity index (χ2v) is 7.52. The van der Waals surface area contributed by atoms with Crippen LogP contribution in [0.3, 0.4) is 0 Å². The zero-order valence-corrected chi connectivity index (χ0v) is 17.1. The predicted octanol–water partition coefficient (Wildman–Crippen LogP) is 2.45. The van der Waals surface area contributed by atoms with Gasteiger partial charge in [0.15, 0.2) is 18.2 Å². The third kappa shape index (κ3) is 3.27. The molecule has 8 nitrogen and oxygen atoms in total. The number of benzene rings is 1. The van der Waals surface area contributed by atoms with E-state index in [4.69, 9.17) is 0 Å². The quantitative estimate of drug-likeness (QED) is 0.282. The van der Waals surface area contributed by atoms with E-state index in [-0.39, 0.29) is 17.1 Å². The van der Waals surface area contributed by atoms with Crippen LogP contribution in [-0.4, -0.2) is 51.9 Å². The summed E-state index contributed by atoms with van der Waals surface area (Å²) in [6.07, 6.45) is 6.92. The number of halogens is 1. The van der Waals surface area contributed by atoms with E-state index in [0.717, 1.165) is 5.39 Å². The van der Waals surface area contributed by atoms with Crippen LogP contribution < -0.4 is 9.63 Å². The summed E-state index contributed by atoms with van der Waals surface area (Å²) in [7, 11) is 0. The smallest absolute Gasteiger partial charge is 0.246 e. The lowest BCUT2D eigenvalue weighted by Gasteiger charge is -2.35. The van der Waals surface area contributed by atoms with E-state index in [2.05, 4.69) is 21.5 Å². The summed E-state index contributed by atoms with van der Waals surface area (Å²) >= 11 is 0. The molecule has 0 N–H and O–H groups in total. The molecule has 1 amide bonds. The van der Waals surface area contributed by atoms with E-state index in [1.807, 2.05) is 23.1 Å². The number of pyridine rings is 2. The molecule has 0 saturated carbocycles. The van der Waals surface area contributed by atoms with Crippen LogP contribution in [0.4, 0.5) is 10.2 Å². The molecule has 160 valence electrons. The summed E-state index contributed by atoms with van der Waals surface area (Å²) in [6.45, 7) is 5.66. The minimum atomic E-state index is -0.608. The second-order valence-electron chi connectivity index (χ2n) is 7.52. The molecule has 32 heavy (non-hydrogen) atoms. The molecule has 1 aliphatic rings. The maximum absolute atomic E-state index is 15.6. The van der Waals surface area contributed by atoms with Crippen LogP contribution >= 0.6 is 0 Å². The number of carbonyl (C=O) groups is 1. The molecule has 3 aromatic heterocycles. The van der Waals surface area contributed by atoms with Gasteiger partial charge in [0.2, 0.25) is 5.91 Å². The first kappa shape index (κ1) is 19.8. The SMILES string of the molecule is C=CC(=O)N1CCN(c2ncnc3c(F)c(-c4c[n+]([O-])cc5ccccc45)ncc23)CC1. The first-order valence-corrected chi connectivity index (χ1v) is 10.1. The number of anilines is 1. The lowest BCUT2D eigenvalue weighted by molar-refractivity contribution is -0.603. The van der Waals surface area contributed by atoms with Gasteiger partial charge in [-0.2, -0.15) is 4.73 Å². The van der Waals surface area contributed by atoms with Crippen LogP contribution in [0, 0.1) is 11.0 Å². The molecule has 1 fully saturated rings. The highest BCUT2D eigenvalue weighted by Gasteiger charge is 2.24. The second kappa shape index (κ2) is 7.84. The van der Waals surface area contributed by atoms with Crippen molar-refractivity contribution < 1.29 is 13.9 Å². The van der Waals surface area contributed by atoms with E-state index >= 15 is 4.39 Å². The monoisotopic (exact) mass is 430 g/mol. The number of amides is 1. The third-order valence-electron chi connectivity index (χ3n) is 5.70.